The third kappa shape index (κ3) is 3.22. The van der Waals surface area contributed by atoms with Gasteiger partial charge in [-0.3, -0.25) is 0 Å². The predicted octanol–water partition coefficient (Wildman–Crippen LogP) is 1.46. The van der Waals surface area contributed by atoms with E-state index in [-0.39, 0.29) is 12.2 Å². The van der Waals surface area contributed by atoms with Crippen LogP contribution in [-0.4, -0.2) is 45.6 Å². The second-order valence-electron chi connectivity index (χ2n) is 4.40. The maximum Gasteiger partial charge on any atom is 0.119 e. The number of rotatable bonds is 7. The van der Waals surface area contributed by atoms with Crippen molar-refractivity contribution in [2.45, 2.75) is 24.7 Å². The molecule has 0 aliphatic heterocycles. The molecule has 0 heterocycles. The Morgan fingerprint density at radius 3 is 2.67 bits per heavy atom. The summed E-state index contributed by atoms with van der Waals surface area (Å²) in [4.78, 5) is 0. The number of ether oxygens (including phenoxy) is 3. The number of benzene rings is 1. The highest BCUT2D eigenvalue weighted by atomic mass is 16.6. The molecule has 2 rings (SSSR count). The van der Waals surface area contributed by atoms with Gasteiger partial charge in [0.2, 0.25) is 0 Å². The molecule has 0 aromatic heterocycles. The van der Waals surface area contributed by atoms with Gasteiger partial charge in [-0.25, -0.2) is 0 Å². The number of nitrogens with one attached hydrogen (secondary N) is 1. The molecule has 1 aromatic carbocycles. The molecular formula is C14H21NO3. The summed E-state index contributed by atoms with van der Waals surface area (Å²) in [7, 11) is 3.68. The van der Waals surface area contributed by atoms with E-state index in [4.69, 9.17) is 14.2 Å². The summed E-state index contributed by atoms with van der Waals surface area (Å²) in [5.74, 6) is 0.881. The standard InChI is InChI=1S/C14H21NO3/c1-15-12-10-13(14(12)16-2)18-9-8-17-11-6-4-3-5-7-11/h3-7,12-15H,8-10H2,1-2H3. The fraction of sp³-hybridized carbons (Fsp3) is 0.571. The lowest BCUT2D eigenvalue weighted by molar-refractivity contribution is -0.135. The van der Waals surface area contributed by atoms with Gasteiger partial charge >= 0.3 is 0 Å². The van der Waals surface area contributed by atoms with E-state index in [1.54, 1.807) is 7.11 Å². The summed E-state index contributed by atoms with van der Waals surface area (Å²) in [5, 5.41) is 3.21. The van der Waals surface area contributed by atoms with Crippen molar-refractivity contribution in [3.8, 4) is 5.75 Å². The van der Waals surface area contributed by atoms with Crippen molar-refractivity contribution in [3.63, 3.8) is 0 Å². The summed E-state index contributed by atoms with van der Waals surface area (Å²) in [6.07, 6.45) is 1.35. The van der Waals surface area contributed by atoms with Gasteiger partial charge in [0.25, 0.3) is 0 Å². The van der Waals surface area contributed by atoms with Gasteiger partial charge in [0, 0.05) is 13.2 Å². The molecule has 0 amide bonds. The van der Waals surface area contributed by atoms with Crippen molar-refractivity contribution < 1.29 is 14.2 Å². The Morgan fingerprint density at radius 1 is 1.22 bits per heavy atom. The van der Waals surface area contributed by atoms with Gasteiger partial charge in [-0.1, -0.05) is 18.2 Å². The van der Waals surface area contributed by atoms with Gasteiger partial charge in [-0.05, 0) is 25.6 Å². The Balaban J connectivity index is 1.62. The van der Waals surface area contributed by atoms with E-state index >= 15 is 0 Å². The molecular weight excluding hydrogens is 230 g/mol. The minimum absolute atomic E-state index is 0.159. The molecule has 1 aliphatic carbocycles. The Labute approximate surface area is 108 Å². The van der Waals surface area contributed by atoms with Gasteiger partial charge in [0.05, 0.1) is 18.8 Å². The molecule has 1 fully saturated rings. The van der Waals surface area contributed by atoms with Crippen LogP contribution < -0.4 is 10.1 Å². The zero-order valence-electron chi connectivity index (χ0n) is 11.0. The molecule has 0 radical (unpaired) electrons. The Morgan fingerprint density at radius 2 is 2.00 bits per heavy atom. The van der Waals surface area contributed by atoms with Crippen LogP contribution in [0, 0.1) is 0 Å². The first kappa shape index (κ1) is 13.3. The summed E-state index contributed by atoms with van der Waals surface area (Å²) >= 11 is 0. The Kier molecular flexibility index (Phi) is 4.99. The van der Waals surface area contributed by atoms with E-state index in [1.165, 1.54) is 0 Å². The molecule has 4 nitrogen and oxygen atoms in total. The molecule has 18 heavy (non-hydrogen) atoms. The fourth-order valence-corrected chi connectivity index (χ4v) is 2.22. The largest absolute Gasteiger partial charge is 0.491 e. The van der Waals surface area contributed by atoms with Gasteiger partial charge in [0.1, 0.15) is 12.4 Å². The number of methoxy groups -OCH3 is 1. The van der Waals surface area contributed by atoms with Crippen LogP contribution in [0.1, 0.15) is 6.42 Å². The average Bonchev–Trinajstić information content (AvgIpc) is 2.39. The van der Waals surface area contributed by atoms with Crippen molar-refractivity contribution in [1.82, 2.24) is 5.32 Å². The zero-order chi connectivity index (χ0) is 12.8. The van der Waals surface area contributed by atoms with Gasteiger partial charge in [-0.2, -0.15) is 0 Å². The SMILES string of the molecule is CNC1CC(OCCOc2ccccc2)C1OC. The quantitative estimate of drug-likeness (QED) is 0.745. The monoisotopic (exact) mass is 251 g/mol. The van der Waals surface area contributed by atoms with E-state index < -0.39 is 0 Å². The highest BCUT2D eigenvalue weighted by Crippen LogP contribution is 2.26. The maximum absolute atomic E-state index is 5.75. The average molecular weight is 251 g/mol. The number of likely N-dealkylation sites (N-methyl/N-ethyl adjacent to an activating group) is 1. The fourth-order valence-electron chi connectivity index (χ4n) is 2.22. The van der Waals surface area contributed by atoms with Crippen molar-refractivity contribution in [3.05, 3.63) is 30.3 Å². The molecule has 0 saturated heterocycles. The minimum atomic E-state index is 0.159. The van der Waals surface area contributed by atoms with Crippen molar-refractivity contribution >= 4 is 0 Å². The molecule has 1 aromatic rings. The molecule has 0 bridgehead atoms. The smallest absolute Gasteiger partial charge is 0.119 e. The molecule has 3 unspecified atom stereocenters. The Hall–Kier alpha value is -1.10. The van der Waals surface area contributed by atoms with Crippen LogP contribution in [0.15, 0.2) is 30.3 Å². The van der Waals surface area contributed by atoms with E-state index in [1.807, 2.05) is 37.4 Å². The molecule has 1 N–H and O–H groups in total. The van der Waals surface area contributed by atoms with E-state index in [0.29, 0.717) is 19.3 Å². The lowest BCUT2D eigenvalue weighted by Crippen LogP contribution is -2.59. The second-order valence-corrected chi connectivity index (χ2v) is 4.40. The second kappa shape index (κ2) is 6.73. The molecule has 4 heteroatoms. The first-order valence-corrected chi connectivity index (χ1v) is 6.34. The topological polar surface area (TPSA) is 39.7 Å². The minimum Gasteiger partial charge on any atom is -0.491 e. The van der Waals surface area contributed by atoms with Gasteiger partial charge < -0.3 is 19.5 Å². The maximum atomic E-state index is 5.75. The summed E-state index contributed by atoms with van der Waals surface area (Å²) in [6, 6.07) is 10.2. The zero-order valence-corrected chi connectivity index (χ0v) is 11.0. The van der Waals surface area contributed by atoms with Crippen LogP contribution in [0.25, 0.3) is 0 Å². The molecule has 0 spiro atoms. The highest BCUT2D eigenvalue weighted by Gasteiger charge is 2.41. The van der Waals surface area contributed by atoms with Crippen molar-refractivity contribution in [2.75, 3.05) is 27.4 Å². The van der Waals surface area contributed by atoms with Crippen LogP contribution in [0.2, 0.25) is 0 Å². The van der Waals surface area contributed by atoms with Crippen LogP contribution in [0.5, 0.6) is 5.75 Å². The van der Waals surface area contributed by atoms with Crippen molar-refractivity contribution in [1.29, 1.82) is 0 Å². The van der Waals surface area contributed by atoms with E-state index in [0.717, 1.165) is 12.2 Å². The third-order valence-electron chi connectivity index (χ3n) is 3.32. The molecule has 1 aliphatic rings. The molecule has 100 valence electrons. The number of para-hydroxylation sites is 1. The predicted molar refractivity (Wildman–Crippen MR) is 69.9 cm³/mol. The Bertz CT molecular complexity index is 344. The van der Waals surface area contributed by atoms with Gasteiger partial charge in [-0.15, -0.1) is 0 Å². The van der Waals surface area contributed by atoms with E-state index in [9.17, 15) is 0 Å². The number of hydrogen-bond acceptors (Lipinski definition) is 4. The van der Waals surface area contributed by atoms with Crippen LogP contribution in [0.4, 0.5) is 0 Å². The van der Waals surface area contributed by atoms with E-state index in [2.05, 4.69) is 5.32 Å². The lowest BCUT2D eigenvalue weighted by Gasteiger charge is -2.42. The lowest BCUT2D eigenvalue weighted by atomic mass is 9.85. The van der Waals surface area contributed by atoms with Crippen LogP contribution in [0.3, 0.4) is 0 Å². The first-order chi connectivity index (χ1) is 8.85. The van der Waals surface area contributed by atoms with Crippen molar-refractivity contribution in [2.24, 2.45) is 0 Å². The van der Waals surface area contributed by atoms with Crippen LogP contribution in [-0.2, 0) is 9.47 Å². The highest BCUT2D eigenvalue weighted by molar-refractivity contribution is 5.20. The summed E-state index contributed by atoms with van der Waals surface area (Å²) < 4.78 is 16.7. The third-order valence-corrected chi connectivity index (χ3v) is 3.32. The first-order valence-electron chi connectivity index (χ1n) is 6.34. The van der Waals surface area contributed by atoms with Crippen LogP contribution >= 0.6 is 0 Å². The number of hydrogen-bond donors (Lipinski definition) is 1. The molecule has 1 saturated carbocycles. The molecule has 3 atom stereocenters. The summed E-state index contributed by atoms with van der Waals surface area (Å²) in [6.45, 7) is 1.16. The van der Waals surface area contributed by atoms with Gasteiger partial charge in [0.15, 0.2) is 0 Å². The summed E-state index contributed by atoms with van der Waals surface area (Å²) in [5.41, 5.74) is 0. The normalized spacial score (nSPS) is 26.7.